The standard InChI is InChI=1S/C12H12F3N3.ClH/c13-10-3-1-2-9(6-10)7-16-8-11-4-5-17-18(11)12(14)15;/h1-6,12,16H,7-8H2;1H. The first kappa shape index (κ1) is 15.5. The van der Waals surface area contributed by atoms with Crippen molar-refractivity contribution in [2.45, 2.75) is 19.6 Å². The third-order valence-electron chi connectivity index (χ3n) is 2.46. The minimum Gasteiger partial charge on any atom is -0.307 e. The summed E-state index contributed by atoms with van der Waals surface area (Å²) < 4.78 is 38.5. The third-order valence-corrected chi connectivity index (χ3v) is 2.46. The van der Waals surface area contributed by atoms with Gasteiger partial charge in [0.15, 0.2) is 0 Å². The number of rotatable bonds is 5. The first-order valence-electron chi connectivity index (χ1n) is 5.42. The van der Waals surface area contributed by atoms with Crippen LogP contribution in [0.4, 0.5) is 13.2 Å². The molecule has 1 N–H and O–H groups in total. The number of halogens is 4. The second kappa shape index (κ2) is 7.16. The molecule has 0 radical (unpaired) electrons. The monoisotopic (exact) mass is 291 g/mol. The lowest BCUT2D eigenvalue weighted by atomic mass is 10.2. The molecule has 2 aromatic rings. The second-order valence-corrected chi connectivity index (χ2v) is 3.78. The first-order valence-corrected chi connectivity index (χ1v) is 5.42. The van der Waals surface area contributed by atoms with Crippen LogP contribution in [0, 0.1) is 5.82 Å². The van der Waals surface area contributed by atoms with Gasteiger partial charge >= 0.3 is 6.55 Å². The number of nitrogens with zero attached hydrogens (tertiary/aromatic N) is 2. The van der Waals surface area contributed by atoms with Crippen LogP contribution < -0.4 is 5.32 Å². The van der Waals surface area contributed by atoms with Gasteiger partial charge in [0.2, 0.25) is 0 Å². The summed E-state index contributed by atoms with van der Waals surface area (Å²) in [5.41, 5.74) is 1.15. The Morgan fingerprint density at radius 3 is 2.68 bits per heavy atom. The summed E-state index contributed by atoms with van der Waals surface area (Å²) in [6, 6.07) is 7.65. The molecule has 0 spiro atoms. The molecular formula is C12H13ClF3N3. The Kier molecular flexibility index (Phi) is 5.85. The predicted octanol–water partition coefficient (Wildman–Crippen LogP) is 3.13. The van der Waals surface area contributed by atoms with Crippen molar-refractivity contribution in [1.29, 1.82) is 0 Å². The molecule has 7 heteroatoms. The van der Waals surface area contributed by atoms with Crippen molar-refractivity contribution in [3.8, 4) is 0 Å². The van der Waals surface area contributed by atoms with Crippen LogP contribution in [-0.2, 0) is 13.1 Å². The maximum Gasteiger partial charge on any atom is 0.333 e. The van der Waals surface area contributed by atoms with E-state index in [1.54, 1.807) is 12.1 Å². The summed E-state index contributed by atoms with van der Waals surface area (Å²) in [5, 5.41) is 6.49. The highest BCUT2D eigenvalue weighted by Gasteiger charge is 2.10. The van der Waals surface area contributed by atoms with Gasteiger partial charge in [-0.15, -0.1) is 12.4 Å². The lowest BCUT2D eigenvalue weighted by molar-refractivity contribution is 0.0531. The molecule has 0 unspecified atom stereocenters. The van der Waals surface area contributed by atoms with Gasteiger partial charge in [-0.3, -0.25) is 0 Å². The summed E-state index contributed by atoms with van der Waals surface area (Å²) in [4.78, 5) is 0. The van der Waals surface area contributed by atoms with Gasteiger partial charge in [0.1, 0.15) is 5.82 Å². The van der Waals surface area contributed by atoms with Gasteiger partial charge in [-0.25, -0.2) is 9.07 Å². The van der Waals surface area contributed by atoms with Gasteiger partial charge < -0.3 is 5.32 Å². The normalized spacial score (nSPS) is 10.5. The van der Waals surface area contributed by atoms with E-state index in [2.05, 4.69) is 10.4 Å². The van der Waals surface area contributed by atoms with Crippen molar-refractivity contribution in [1.82, 2.24) is 15.1 Å². The molecule has 0 aliphatic heterocycles. The summed E-state index contributed by atoms with van der Waals surface area (Å²) in [7, 11) is 0. The van der Waals surface area contributed by atoms with E-state index in [1.165, 1.54) is 24.4 Å². The second-order valence-electron chi connectivity index (χ2n) is 3.78. The van der Waals surface area contributed by atoms with Crippen LogP contribution >= 0.6 is 12.4 Å². The van der Waals surface area contributed by atoms with Crippen LogP contribution in [0.2, 0.25) is 0 Å². The molecule has 0 saturated carbocycles. The lowest BCUT2D eigenvalue weighted by Gasteiger charge is -2.07. The smallest absolute Gasteiger partial charge is 0.307 e. The summed E-state index contributed by atoms with van der Waals surface area (Å²) >= 11 is 0. The average Bonchev–Trinajstić information content (AvgIpc) is 2.77. The number of hydrogen-bond acceptors (Lipinski definition) is 2. The molecule has 3 nitrogen and oxygen atoms in total. The molecule has 0 atom stereocenters. The number of alkyl halides is 2. The summed E-state index contributed by atoms with van der Waals surface area (Å²) in [6.07, 6.45) is 1.32. The molecule has 0 amide bonds. The van der Waals surface area contributed by atoms with E-state index < -0.39 is 6.55 Å². The Bertz CT molecular complexity index is 516. The first-order chi connectivity index (χ1) is 8.66. The topological polar surface area (TPSA) is 29.9 Å². The fourth-order valence-electron chi connectivity index (χ4n) is 1.64. The van der Waals surface area contributed by atoms with Crippen molar-refractivity contribution >= 4 is 12.4 Å². The Labute approximate surface area is 114 Å². The summed E-state index contributed by atoms with van der Waals surface area (Å²) in [6.45, 7) is -1.99. The molecule has 104 valence electrons. The van der Waals surface area contributed by atoms with E-state index in [9.17, 15) is 13.2 Å². The van der Waals surface area contributed by atoms with Crippen molar-refractivity contribution in [3.63, 3.8) is 0 Å². The van der Waals surface area contributed by atoms with Gasteiger partial charge in [-0.2, -0.15) is 13.9 Å². The predicted molar refractivity (Wildman–Crippen MR) is 67.7 cm³/mol. The molecule has 0 fully saturated rings. The van der Waals surface area contributed by atoms with Crippen LogP contribution in [0.25, 0.3) is 0 Å². The molecule has 1 aromatic heterocycles. The lowest BCUT2D eigenvalue weighted by Crippen LogP contribution is -2.16. The molecule has 1 aromatic carbocycles. The third kappa shape index (κ3) is 4.25. The van der Waals surface area contributed by atoms with Crippen molar-refractivity contribution in [2.24, 2.45) is 0 Å². The highest BCUT2D eigenvalue weighted by Crippen LogP contribution is 2.12. The SMILES string of the molecule is Cl.Fc1cccc(CNCc2ccnn2C(F)F)c1. The zero-order valence-corrected chi connectivity index (χ0v) is 10.7. The fraction of sp³-hybridized carbons (Fsp3) is 0.250. The van der Waals surface area contributed by atoms with Crippen LogP contribution in [-0.4, -0.2) is 9.78 Å². The van der Waals surface area contributed by atoms with Gasteiger partial charge in [-0.05, 0) is 23.8 Å². The average molecular weight is 292 g/mol. The van der Waals surface area contributed by atoms with E-state index in [4.69, 9.17) is 0 Å². The molecule has 1 heterocycles. The molecule has 0 bridgehead atoms. The van der Waals surface area contributed by atoms with Crippen LogP contribution in [0.3, 0.4) is 0 Å². The highest BCUT2D eigenvalue weighted by molar-refractivity contribution is 5.85. The quantitative estimate of drug-likeness (QED) is 0.917. The van der Waals surface area contributed by atoms with Crippen LogP contribution in [0.15, 0.2) is 36.5 Å². The maximum atomic E-state index is 12.9. The number of nitrogens with one attached hydrogen (secondary N) is 1. The van der Waals surface area contributed by atoms with Crippen molar-refractivity contribution in [2.75, 3.05) is 0 Å². The van der Waals surface area contributed by atoms with E-state index in [0.29, 0.717) is 16.9 Å². The Hall–Kier alpha value is -1.53. The Morgan fingerprint density at radius 1 is 1.21 bits per heavy atom. The van der Waals surface area contributed by atoms with Gasteiger partial charge in [0.05, 0.1) is 5.69 Å². The van der Waals surface area contributed by atoms with E-state index in [-0.39, 0.29) is 24.8 Å². The molecule has 2 rings (SSSR count). The number of benzene rings is 1. The zero-order chi connectivity index (χ0) is 13.0. The van der Waals surface area contributed by atoms with E-state index in [0.717, 1.165) is 5.56 Å². The molecule has 0 aliphatic rings. The minimum absolute atomic E-state index is 0. The van der Waals surface area contributed by atoms with Gasteiger partial charge in [-0.1, -0.05) is 12.1 Å². The highest BCUT2D eigenvalue weighted by atomic mass is 35.5. The van der Waals surface area contributed by atoms with Gasteiger partial charge in [0, 0.05) is 19.3 Å². The zero-order valence-electron chi connectivity index (χ0n) is 9.89. The molecule has 0 saturated heterocycles. The van der Waals surface area contributed by atoms with E-state index >= 15 is 0 Å². The van der Waals surface area contributed by atoms with Crippen molar-refractivity contribution < 1.29 is 13.2 Å². The van der Waals surface area contributed by atoms with Crippen LogP contribution in [0.1, 0.15) is 17.8 Å². The molecule has 0 aliphatic carbocycles. The van der Waals surface area contributed by atoms with E-state index in [1.807, 2.05) is 0 Å². The number of aromatic nitrogens is 2. The summed E-state index contributed by atoms with van der Waals surface area (Å²) in [5.74, 6) is -0.313. The van der Waals surface area contributed by atoms with Crippen molar-refractivity contribution in [3.05, 3.63) is 53.6 Å². The Balaban J connectivity index is 0.00000180. The maximum absolute atomic E-state index is 12.9. The van der Waals surface area contributed by atoms with Crippen LogP contribution in [0.5, 0.6) is 0 Å². The van der Waals surface area contributed by atoms with Gasteiger partial charge in [0.25, 0.3) is 0 Å². The minimum atomic E-state index is -2.65. The molecule has 19 heavy (non-hydrogen) atoms. The molecular weight excluding hydrogens is 279 g/mol. The fourth-order valence-corrected chi connectivity index (χ4v) is 1.64. The largest absolute Gasteiger partial charge is 0.333 e. The Morgan fingerprint density at radius 2 is 2.00 bits per heavy atom. The number of hydrogen-bond donors (Lipinski definition) is 1.